The molecule has 3 aromatic rings. The number of hydrogen-bond acceptors (Lipinski definition) is 9. The summed E-state index contributed by atoms with van der Waals surface area (Å²) in [6.07, 6.45) is 1.71. The van der Waals surface area contributed by atoms with Crippen molar-refractivity contribution in [2.75, 3.05) is 50.6 Å². The van der Waals surface area contributed by atoms with Crippen molar-refractivity contribution in [3.05, 3.63) is 54.7 Å². The molecule has 2 aromatic carbocycles. The second-order valence-electron chi connectivity index (χ2n) is 7.82. The van der Waals surface area contributed by atoms with E-state index in [1.54, 1.807) is 25.3 Å². The summed E-state index contributed by atoms with van der Waals surface area (Å²) in [6.45, 7) is 2.07. The lowest BCUT2D eigenvalue weighted by atomic mass is 10.1. The van der Waals surface area contributed by atoms with E-state index in [0.717, 1.165) is 11.3 Å². The second kappa shape index (κ2) is 10.7. The second-order valence-corrected chi connectivity index (χ2v) is 8.97. The normalized spacial score (nSPS) is 13.8. The first-order chi connectivity index (χ1) is 17.3. The van der Waals surface area contributed by atoms with Crippen LogP contribution in [0.25, 0.3) is 11.3 Å². The van der Waals surface area contributed by atoms with E-state index >= 15 is 0 Å². The molecule has 0 atom stereocenters. The maximum absolute atomic E-state index is 12.7. The van der Waals surface area contributed by atoms with Crippen molar-refractivity contribution in [1.29, 1.82) is 0 Å². The Balaban J connectivity index is 1.36. The number of hydrogen-bond donors (Lipinski definition) is 2. The molecule has 2 amide bonds. The van der Waals surface area contributed by atoms with Crippen molar-refractivity contribution in [1.82, 2.24) is 14.9 Å². The van der Waals surface area contributed by atoms with Crippen LogP contribution >= 0.6 is 0 Å². The molecule has 2 heterocycles. The van der Waals surface area contributed by atoms with E-state index in [2.05, 4.69) is 14.5 Å². The van der Waals surface area contributed by atoms with Gasteiger partial charge in [-0.25, -0.2) is 14.8 Å². The molecule has 3 N–H and O–H groups in total. The fourth-order valence-corrected chi connectivity index (χ4v) is 4.08. The maximum atomic E-state index is 12.7. The van der Waals surface area contributed by atoms with Crippen molar-refractivity contribution < 1.29 is 26.9 Å². The van der Waals surface area contributed by atoms with E-state index in [4.69, 9.17) is 19.6 Å². The zero-order valence-corrected chi connectivity index (χ0v) is 20.6. The highest BCUT2D eigenvalue weighted by Gasteiger charge is 2.23. The van der Waals surface area contributed by atoms with Gasteiger partial charge >= 0.3 is 16.3 Å². The largest absolute Gasteiger partial charge is 0.493 e. The third-order valence-corrected chi connectivity index (χ3v) is 5.91. The van der Waals surface area contributed by atoms with Gasteiger partial charge in [0.05, 0.1) is 19.9 Å². The Kier molecular flexibility index (Phi) is 7.41. The van der Waals surface area contributed by atoms with Crippen LogP contribution in [0.2, 0.25) is 0 Å². The van der Waals surface area contributed by atoms with Gasteiger partial charge in [0.15, 0.2) is 11.5 Å². The molecule has 1 aliphatic rings. The molecule has 0 saturated carbocycles. The van der Waals surface area contributed by atoms with Crippen LogP contribution in [-0.4, -0.2) is 69.7 Å². The Labute approximate surface area is 208 Å². The molecule has 1 aliphatic heterocycles. The van der Waals surface area contributed by atoms with Gasteiger partial charge in [-0.3, -0.25) is 0 Å². The minimum absolute atomic E-state index is 0.0550. The monoisotopic (exact) mass is 514 g/mol. The highest BCUT2D eigenvalue weighted by molar-refractivity contribution is 7.84. The number of anilines is 2. The molecular weight excluding hydrogens is 488 g/mol. The van der Waals surface area contributed by atoms with Crippen molar-refractivity contribution in [3.8, 4) is 28.5 Å². The first-order valence-corrected chi connectivity index (χ1v) is 12.4. The van der Waals surface area contributed by atoms with Crippen LogP contribution in [0.3, 0.4) is 0 Å². The predicted molar refractivity (Wildman–Crippen MR) is 134 cm³/mol. The number of carbonyl (C=O) groups excluding carboxylic acids is 1. The van der Waals surface area contributed by atoms with E-state index < -0.39 is 10.3 Å². The average Bonchev–Trinajstić information content (AvgIpc) is 2.88. The number of nitrogens with two attached hydrogens (primary N) is 1. The predicted octanol–water partition coefficient (Wildman–Crippen LogP) is 2.10. The van der Waals surface area contributed by atoms with Gasteiger partial charge < -0.3 is 28.8 Å². The number of aromatic nitrogens is 2. The summed E-state index contributed by atoms with van der Waals surface area (Å²) in [6, 6.07) is 13.0. The molecule has 190 valence electrons. The van der Waals surface area contributed by atoms with E-state index in [1.165, 1.54) is 24.3 Å². The zero-order valence-electron chi connectivity index (χ0n) is 19.7. The number of carbonyl (C=O) groups is 1. The Hall–Kier alpha value is -4.10. The summed E-state index contributed by atoms with van der Waals surface area (Å²) in [5, 5.41) is 7.63. The molecule has 0 radical (unpaired) electrons. The van der Waals surface area contributed by atoms with Gasteiger partial charge in [-0.2, -0.15) is 13.6 Å². The smallest absolute Gasteiger partial charge is 0.380 e. The SMILES string of the molecule is COc1ccc(-c2ccnc(N3CCN(C(=O)Nc4ccc(OS(N)(=O)=O)cc4)CC3)n2)cc1OC. The van der Waals surface area contributed by atoms with Gasteiger partial charge in [0, 0.05) is 43.6 Å². The Bertz CT molecular complexity index is 1330. The molecule has 0 aliphatic carbocycles. The Morgan fingerprint density at radius 3 is 2.31 bits per heavy atom. The molecule has 0 bridgehead atoms. The first-order valence-electron chi connectivity index (χ1n) is 10.9. The first kappa shape index (κ1) is 25.0. The van der Waals surface area contributed by atoms with Crippen molar-refractivity contribution >= 4 is 28.0 Å². The minimum Gasteiger partial charge on any atom is -0.493 e. The molecular formula is C23H26N6O6S. The zero-order chi connectivity index (χ0) is 25.7. The van der Waals surface area contributed by atoms with Gasteiger partial charge in [0.1, 0.15) is 5.75 Å². The van der Waals surface area contributed by atoms with Gasteiger partial charge in [0.25, 0.3) is 0 Å². The minimum atomic E-state index is -4.10. The molecule has 1 fully saturated rings. The average molecular weight is 515 g/mol. The van der Waals surface area contributed by atoms with Gasteiger partial charge in [0.2, 0.25) is 5.95 Å². The molecule has 0 spiro atoms. The summed E-state index contributed by atoms with van der Waals surface area (Å²) in [5.41, 5.74) is 2.11. The van der Waals surface area contributed by atoms with Gasteiger partial charge in [-0.1, -0.05) is 0 Å². The highest BCUT2D eigenvalue weighted by atomic mass is 32.2. The van der Waals surface area contributed by atoms with Crippen molar-refractivity contribution in [2.24, 2.45) is 5.14 Å². The number of rotatable bonds is 7. The maximum Gasteiger partial charge on any atom is 0.380 e. The lowest BCUT2D eigenvalue weighted by Crippen LogP contribution is -2.50. The number of nitrogens with zero attached hydrogens (tertiary/aromatic N) is 4. The molecule has 0 unspecified atom stereocenters. The molecule has 13 heteroatoms. The molecule has 4 rings (SSSR count). The van der Waals surface area contributed by atoms with E-state index in [1.807, 2.05) is 29.2 Å². The Morgan fingerprint density at radius 2 is 1.67 bits per heavy atom. The fraction of sp³-hybridized carbons (Fsp3) is 0.261. The number of ether oxygens (including phenoxy) is 2. The third kappa shape index (κ3) is 6.12. The van der Waals surface area contributed by atoms with Crippen LogP contribution in [0, 0.1) is 0 Å². The number of piperazine rings is 1. The van der Waals surface area contributed by atoms with E-state index in [-0.39, 0.29) is 11.8 Å². The number of amides is 2. The molecule has 1 saturated heterocycles. The van der Waals surface area contributed by atoms with Crippen LogP contribution in [0.15, 0.2) is 54.7 Å². The summed E-state index contributed by atoms with van der Waals surface area (Å²) in [7, 11) is -0.934. The summed E-state index contributed by atoms with van der Waals surface area (Å²) in [5.74, 6) is 1.88. The van der Waals surface area contributed by atoms with Crippen molar-refractivity contribution in [3.63, 3.8) is 0 Å². The Morgan fingerprint density at radius 1 is 0.972 bits per heavy atom. The van der Waals surface area contributed by atoms with Gasteiger partial charge in [-0.15, -0.1) is 0 Å². The molecule has 1 aromatic heterocycles. The quantitative estimate of drug-likeness (QED) is 0.483. The number of methoxy groups -OCH3 is 2. The number of benzene rings is 2. The van der Waals surface area contributed by atoms with E-state index in [9.17, 15) is 13.2 Å². The lowest BCUT2D eigenvalue weighted by molar-refractivity contribution is 0.208. The fourth-order valence-electron chi connectivity index (χ4n) is 3.70. The topological polar surface area (TPSA) is 149 Å². The van der Waals surface area contributed by atoms with Crippen LogP contribution < -0.4 is 29.0 Å². The van der Waals surface area contributed by atoms with E-state index in [0.29, 0.717) is 49.3 Å². The molecule has 36 heavy (non-hydrogen) atoms. The lowest BCUT2D eigenvalue weighted by Gasteiger charge is -2.34. The van der Waals surface area contributed by atoms with Crippen LogP contribution in [-0.2, 0) is 10.3 Å². The highest BCUT2D eigenvalue weighted by Crippen LogP contribution is 2.32. The number of nitrogens with one attached hydrogen (secondary N) is 1. The van der Waals surface area contributed by atoms with Crippen LogP contribution in [0.1, 0.15) is 0 Å². The summed E-state index contributed by atoms with van der Waals surface area (Å²) in [4.78, 5) is 25.5. The molecule has 12 nitrogen and oxygen atoms in total. The van der Waals surface area contributed by atoms with Gasteiger partial charge in [-0.05, 0) is 48.5 Å². The standard InChI is InChI=1S/C23H26N6O6S/c1-33-20-8-3-16(15-21(20)34-2)19-9-10-25-22(27-19)28-11-13-29(14-12-28)23(30)26-17-4-6-18(7-5-17)35-36(24,31)32/h3-10,15H,11-14H2,1-2H3,(H,26,30)(H2,24,31,32). The number of urea groups is 1. The summed E-state index contributed by atoms with van der Waals surface area (Å²) >= 11 is 0. The third-order valence-electron chi connectivity index (χ3n) is 5.49. The summed E-state index contributed by atoms with van der Waals surface area (Å²) < 4.78 is 37.3. The van der Waals surface area contributed by atoms with Crippen molar-refractivity contribution in [2.45, 2.75) is 0 Å². The van der Waals surface area contributed by atoms with Crippen LogP contribution in [0.5, 0.6) is 17.2 Å². The van der Waals surface area contributed by atoms with Crippen LogP contribution in [0.4, 0.5) is 16.4 Å².